The highest BCUT2D eigenvalue weighted by molar-refractivity contribution is 7.88. The highest BCUT2D eigenvalue weighted by Crippen LogP contribution is 2.33. The van der Waals surface area contributed by atoms with E-state index in [0.29, 0.717) is 31.6 Å². The van der Waals surface area contributed by atoms with Gasteiger partial charge in [-0.05, 0) is 41.5 Å². The van der Waals surface area contributed by atoms with E-state index in [1.54, 1.807) is 6.07 Å². The first-order chi connectivity index (χ1) is 12.4. The van der Waals surface area contributed by atoms with Crippen molar-refractivity contribution in [3.63, 3.8) is 0 Å². The van der Waals surface area contributed by atoms with Crippen LogP contribution >= 0.6 is 0 Å². The highest BCUT2D eigenvalue weighted by Gasteiger charge is 2.29. The van der Waals surface area contributed by atoms with E-state index < -0.39 is 16.1 Å². The molecule has 1 aliphatic rings. The van der Waals surface area contributed by atoms with Crippen molar-refractivity contribution in [2.75, 3.05) is 19.3 Å². The van der Waals surface area contributed by atoms with Crippen LogP contribution in [0.5, 0.6) is 0 Å². The maximum absolute atomic E-state index is 11.6. The van der Waals surface area contributed by atoms with Gasteiger partial charge in [0, 0.05) is 13.1 Å². The number of rotatable bonds is 4. The van der Waals surface area contributed by atoms with Crippen LogP contribution in [0, 0.1) is 12.5 Å². The van der Waals surface area contributed by atoms with Crippen LogP contribution in [0.25, 0.3) is 16.0 Å². The van der Waals surface area contributed by atoms with Crippen molar-refractivity contribution < 1.29 is 13.5 Å². The fraction of sp³-hybridized carbons (Fsp3) is 0.350. The molecule has 1 fully saturated rings. The van der Waals surface area contributed by atoms with Gasteiger partial charge in [-0.3, -0.25) is 0 Å². The van der Waals surface area contributed by atoms with Crippen LogP contribution in [0.3, 0.4) is 0 Å². The first-order valence-electron chi connectivity index (χ1n) is 8.59. The molecule has 0 aliphatic carbocycles. The smallest absolute Gasteiger partial charge is 0.211 e. The van der Waals surface area contributed by atoms with Gasteiger partial charge in [0.2, 0.25) is 10.0 Å². The summed E-state index contributed by atoms with van der Waals surface area (Å²) in [5.41, 5.74) is 3.41. The molecule has 1 aliphatic heterocycles. The van der Waals surface area contributed by atoms with E-state index >= 15 is 0 Å². The third-order valence-electron chi connectivity index (χ3n) is 4.97. The predicted octanol–water partition coefficient (Wildman–Crippen LogP) is 3.61. The molecule has 6 heteroatoms. The summed E-state index contributed by atoms with van der Waals surface area (Å²) < 4.78 is 24.7. The standard InChI is InChI=1S/C20H22N2O3S/c1-21-19-5-3-4-18(14-19)15-6-8-16(9-7-15)20(23)17-10-12-22(13-11-17)26(2,24)25/h3-9,14,17,20,23H,10-13H2,2H3. The molecular weight excluding hydrogens is 348 g/mol. The molecule has 0 amide bonds. The minimum absolute atomic E-state index is 0.0595. The van der Waals surface area contributed by atoms with E-state index in [0.717, 1.165) is 16.7 Å². The van der Waals surface area contributed by atoms with E-state index in [1.165, 1.54) is 10.6 Å². The molecule has 1 atom stereocenters. The van der Waals surface area contributed by atoms with Crippen LogP contribution in [0.15, 0.2) is 48.5 Å². The van der Waals surface area contributed by atoms with Gasteiger partial charge in [-0.2, -0.15) is 0 Å². The van der Waals surface area contributed by atoms with Crippen molar-refractivity contribution in [2.45, 2.75) is 18.9 Å². The molecule has 2 aromatic rings. The molecule has 26 heavy (non-hydrogen) atoms. The predicted molar refractivity (Wildman–Crippen MR) is 102 cm³/mol. The molecule has 3 rings (SSSR count). The van der Waals surface area contributed by atoms with E-state index in [2.05, 4.69) is 4.85 Å². The monoisotopic (exact) mass is 370 g/mol. The van der Waals surface area contributed by atoms with Crippen molar-refractivity contribution >= 4 is 15.7 Å². The minimum atomic E-state index is -3.15. The summed E-state index contributed by atoms with van der Waals surface area (Å²) in [6.45, 7) is 8.03. The molecule has 1 heterocycles. The maximum atomic E-state index is 11.6. The molecule has 1 saturated heterocycles. The van der Waals surface area contributed by atoms with E-state index in [1.807, 2.05) is 42.5 Å². The average molecular weight is 370 g/mol. The van der Waals surface area contributed by atoms with Crippen molar-refractivity contribution in [3.05, 3.63) is 65.5 Å². The van der Waals surface area contributed by atoms with Gasteiger partial charge in [-0.25, -0.2) is 17.6 Å². The normalized spacial score (nSPS) is 17.6. The van der Waals surface area contributed by atoms with Crippen molar-refractivity contribution in [2.24, 2.45) is 5.92 Å². The molecular formula is C20H22N2O3S. The number of hydrogen-bond acceptors (Lipinski definition) is 3. The molecule has 1 unspecified atom stereocenters. The summed E-state index contributed by atoms with van der Waals surface area (Å²) >= 11 is 0. The Labute approximate surface area is 154 Å². The quantitative estimate of drug-likeness (QED) is 0.837. The Kier molecular flexibility index (Phi) is 5.42. The molecule has 0 radical (unpaired) electrons. The molecule has 1 N–H and O–H groups in total. The van der Waals surface area contributed by atoms with Crippen molar-refractivity contribution in [1.29, 1.82) is 0 Å². The molecule has 0 bridgehead atoms. The van der Waals surface area contributed by atoms with Gasteiger partial charge in [0.15, 0.2) is 5.69 Å². The Morgan fingerprint density at radius 2 is 1.77 bits per heavy atom. The Morgan fingerprint density at radius 1 is 1.12 bits per heavy atom. The zero-order valence-electron chi connectivity index (χ0n) is 14.7. The third-order valence-corrected chi connectivity index (χ3v) is 6.28. The number of nitrogens with zero attached hydrogens (tertiary/aromatic N) is 2. The first-order valence-corrected chi connectivity index (χ1v) is 10.4. The largest absolute Gasteiger partial charge is 0.388 e. The zero-order valence-corrected chi connectivity index (χ0v) is 15.5. The number of benzene rings is 2. The maximum Gasteiger partial charge on any atom is 0.211 e. The first kappa shape index (κ1) is 18.6. The fourth-order valence-corrected chi connectivity index (χ4v) is 4.30. The van der Waals surface area contributed by atoms with E-state index in [-0.39, 0.29) is 5.92 Å². The lowest BCUT2D eigenvalue weighted by Gasteiger charge is -2.33. The second-order valence-corrected chi connectivity index (χ2v) is 8.71. The van der Waals surface area contributed by atoms with Gasteiger partial charge >= 0.3 is 0 Å². The number of hydrogen-bond donors (Lipinski definition) is 1. The van der Waals surface area contributed by atoms with E-state index in [9.17, 15) is 13.5 Å². The van der Waals surface area contributed by atoms with Crippen LogP contribution in [-0.4, -0.2) is 37.2 Å². The lowest BCUT2D eigenvalue weighted by Crippen LogP contribution is -2.39. The second kappa shape index (κ2) is 7.58. The lowest BCUT2D eigenvalue weighted by molar-refractivity contribution is 0.0762. The van der Waals surface area contributed by atoms with Crippen LogP contribution in [0.1, 0.15) is 24.5 Å². The highest BCUT2D eigenvalue weighted by atomic mass is 32.2. The minimum Gasteiger partial charge on any atom is -0.388 e. The Morgan fingerprint density at radius 3 is 2.35 bits per heavy atom. The number of sulfonamides is 1. The molecule has 0 saturated carbocycles. The molecule has 0 spiro atoms. The van der Waals surface area contributed by atoms with Crippen molar-refractivity contribution in [3.8, 4) is 11.1 Å². The summed E-state index contributed by atoms with van der Waals surface area (Å²) in [6, 6.07) is 15.2. The van der Waals surface area contributed by atoms with Crippen LogP contribution in [-0.2, 0) is 10.0 Å². The molecule has 136 valence electrons. The summed E-state index contributed by atoms with van der Waals surface area (Å²) in [6.07, 6.45) is 1.94. The van der Waals surface area contributed by atoms with Crippen LogP contribution in [0.4, 0.5) is 5.69 Å². The number of aliphatic hydroxyl groups is 1. The fourth-order valence-electron chi connectivity index (χ4n) is 3.42. The van der Waals surface area contributed by atoms with Crippen LogP contribution < -0.4 is 0 Å². The van der Waals surface area contributed by atoms with Gasteiger partial charge in [-0.15, -0.1) is 0 Å². The summed E-state index contributed by atoms with van der Waals surface area (Å²) in [7, 11) is -3.15. The van der Waals surface area contributed by atoms with Gasteiger partial charge in [0.05, 0.1) is 18.9 Å². The summed E-state index contributed by atoms with van der Waals surface area (Å²) in [4.78, 5) is 3.45. The van der Waals surface area contributed by atoms with Gasteiger partial charge in [0.25, 0.3) is 0 Å². The van der Waals surface area contributed by atoms with Crippen LogP contribution in [0.2, 0.25) is 0 Å². The van der Waals surface area contributed by atoms with E-state index in [4.69, 9.17) is 6.57 Å². The van der Waals surface area contributed by atoms with Gasteiger partial charge in [-0.1, -0.05) is 42.5 Å². The SMILES string of the molecule is [C-]#[N+]c1cccc(-c2ccc(C(O)C3CCN(S(C)(=O)=O)CC3)cc2)c1. The molecule has 2 aromatic carbocycles. The third kappa shape index (κ3) is 4.13. The lowest BCUT2D eigenvalue weighted by atomic mass is 9.87. The van der Waals surface area contributed by atoms with Gasteiger partial charge in [0.1, 0.15) is 0 Å². The zero-order chi connectivity index (χ0) is 18.7. The number of piperidine rings is 1. The molecule has 0 aromatic heterocycles. The number of aliphatic hydroxyl groups excluding tert-OH is 1. The molecule has 5 nitrogen and oxygen atoms in total. The topological polar surface area (TPSA) is 62.0 Å². The Hall–Kier alpha value is -2.20. The Bertz CT molecular complexity index is 909. The van der Waals surface area contributed by atoms with Gasteiger partial charge < -0.3 is 5.11 Å². The average Bonchev–Trinajstić information content (AvgIpc) is 2.67. The summed E-state index contributed by atoms with van der Waals surface area (Å²) in [5.74, 6) is 0.0595. The van der Waals surface area contributed by atoms with Crippen molar-refractivity contribution in [1.82, 2.24) is 4.31 Å². The summed E-state index contributed by atoms with van der Waals surface area (Å²) in [5, 5.41) is 10.7. The second-order valence-electron chi connectivity index (χ2n) is 6.73. The Balaban J connectivity index is 1.70.